The summed E-state index contributed by atoms with van der Waals surface area (Å²) in [6, 6.07) is 13.3. The molecule has 0 amide bonds. The fourth-order valence-corrected chi connectivity index (χ4v) is 1.60. The molecule has 16 heavy (non-hydrogen) atoms. The van der Waals surface area contributed by atoms with Crippen LogP contribution in [0.5, 0.6) is 0 Å². The van der Waals surface area contributed by atoms with Crippen LogP contribution in [0.15, 0.2) is 53.5 Å². The average molecular weight is 214 g/mol. The van der Waals surface area contributed by atoms with Crippen molar-refractivity contribution in [3.05, 3.63) is 64.6 Å². The summed E-state index contributed by atoms with van der Waals surface area (Å²) < 4.78 is 1.67. The van der Waals surface area contributed by atoms with E-state index in [2.05, 4.69) is 12.1 Å². The van der Waals surface area contributed by atoms with Crippen molar-refractivity contribution in [1.29, 1.82) is 0 Å². The van der Waals surface area contributed by atoms with Gasteiger partial charge in [0.1, 0.15) is 0 Å². The number of hydrogen-bond donors (Lipinski definition) is 1. The van der Waals surface area contributed by atoms with Crippen LogP contribution < -0.4 is 11.3 Å². The molecular weight excluding hydrogens is 200 g/mol. The molecular formula is C13H14N2O. The van der Waals surface area contributed by atoms with Crippen LogP contribution in [-0.2, 0) is 13.0 Å². The number of hydrogen-bond acceptors (Lipinski definition) is 2. The third-order valence-electron chi connectivity index (χ3n) is 2.50. The van der Waals surface area contributed by atoms with Crippen LogP contribution in [0.3, 0.4) is 0 Å². The summed E-state index contributed by atoms with van der Waals surface area (Å²) in [7, 11) is 0. The van der Waals surface area contributed by atoms with Crippen molar-refractivity contribution in [2.75, 3.05) is 5.73 Å². The lowest BCUT2D eigenvalue weighted by atomic mass is 10.1. The maximum atomic E-state index is 11.5. The molecule has 0 aliphatic heterocycles. The van der Waals surface area contributed by atoms with Crippen LogP contribution in [0.25, 0.3) is 0 Å². The molecule has 82 valence electrons. The molecule has 0 saturated carbocycles. The van der Waals surface area contributed by atoms with Gasteiger partial charge in [-0.15, -0.1) is 0 Å². The largest absolute Gasteiger partial charge is 0.399 e. The van der Waals surface area contributed by atoms with Crippen molar-refractivity contribution in [3.63, 3.8) is 0 Å². The molecule has 0 aliphatic rings. The molecule has 0 spiro atoms. The van der Waals surface area contributed by atoms with E-state index < -0.39 is 0 Å². The highest BCUT2D eigenvalue weighted by molar-refractivity contribution is 5.34. The minimum absolute atomic E-state index is 0.0454. The first-order valence-electron chi connectivity index (χ1n) is 5.25. The van der Waals surface area contributed by atoms with Crippen molar-refractivity contribution in [2.45, 2.75) is 13.0 Å². The van der Waals surface area contributed by atoms with Gasteiger partial charge in [-0.25, -0.2) is 0 Å². The highest BCUT2D eigenvalue weighted by atomic mass is 16.1. The van der Waals surface area contributed by atoms with Crippen molar-refractivity contribution >= 4 is 5.69 Å². The number of benzene rings is 1. The number of aromatic nitrogens is 1. The van der Waals surface area contributed by atoms with Gasteiger partial charge >= 0.3 is 0 Å². The fourth-order valence-electron chi connectivity index (χ4n) is 1.60. The molecule has 1 heterocycles. The van der Waals surface area contributed by atoms with Gasteiger partial charge in [-0.1, -0.05) is 30.3 Å². The molecule has 2 aromatic rings. The number of rotatable bonds is 3. The van der Waals surface area contributed by atoms with E-state index in [9.17, 15) is 4.79 Å². The minimum atomic E-state index is -0.0454. The third-order valence-corrected chi connectivity index (χ3v) is 2.50. The molecule has 0 unspecified atom stereocenters. The molecule has 1 aromatic carbocycles. The normalized spacial score (nSPS) is 10.2. The number of nitrogens with zero attached hydrogens (tertiary/aromatic N) is 1. The number of anilines is 1. The topological polar surface area (TPSA) is 48.0 Å². The zero-order valence-corrected chi connectivity index (χ0v) is 8.97. The highest BCUT2D eigenvalue weighted by Crippen LogP contribution is 2.01. The molecule has 0 bridgehead atoms. The van der Waals surface area contributed by atoms with Gasteiger partial charge in [0.05, 0.1) is 0 Å². The van der Waals surface area contributed by atoms with Gasteiger partial charge in [-0.2, -0.15) is 0 Å². The van der Waals surface area contributed by atoms with Gasteiger partial charge in [0.15, 0.2) is 0 Å². The number of aryl methyl sites for hydroxylation is 2. The molecule has 0 radical (unpaired) electrons. The monoisotopic (exact) mass is 214 g/mol. The molecule has 0 fully saturated rings. The van der Waals surface area contributed by atoms with Crippen molar-refractivity contribution < 1.29 is 0 Å². The van der Waals surface area contributed by atoms with Crippen molar-refractivity contribution in [3.8, 4) is 0 Å². The first-order chi connectivity index (χ1) is 7.75. The van der Waals surface area contributed by atoms with Crippen molar-refractivity contribution in [1.82, 2.24) is 4.57 Å². The van der Waals surface area contributed by atoms with Crippen LogP contribution >= 0.6 is 0 Å². The summed E-state index contributed by atoms with van der Waals surface area (Å²) in [5.74, 6) is 0. The summed E-state index contributed by atoms with van der Waals surface area (Å²) in [6.07, 6.45) is 2.59. The first kappa shape index (κ1) is 10.5. The quantitative estimate of drug-likeness (QED) is 0.845. The van der Waals surface area contributed by atoms with Gasteiger partial charge in [-0.05, 0) is 18.1 Å². The molecule has 1 aromatic heterocycles. The summed E-state index contributed by atoms with van der Waals surface area (Å²) in [6.45, 7) is 0.684. The molecule has 3 nitrogen and oxygen atoms in total. The van der Waals surface area contributed by atoms with Gasteiger partial charge < -0.3 is 10.3 Å². The smallest absolute Gasteiger partial charge is 0.252 e. The Morgan fingerprint density at radius 3 is 2.56 bits per heavy atom. The van der Waals surface area contributed by atoms with Crippen LogP contribution in [0.1, 0.15) is 5.56 Å². The summed E-state index contributed by atoms with van der Waals surface area (Å²) >= 11 is 0. The molecule has 2 rings (SSSR count). The lowest BCUT2D eigenvalue weighted by molar-refractivity contribution is 0.670. The van der Waals surface area contributed by atoms with Gasteiger partial charge in [0.25, 0.3) is 5.56 Å². The van der Waals surface area contributed by atoms with Crippen LogP contribution in [-0.4, -0.2) is 4.57 Å². The number of pyridine rings is 1. The third kappa shape index (κ3) is 2.51. The summed E-state index contributed by atoms with van der Waals surface area (Å²) in [5.41, 5.74) is 7.22. The Balaban J connectivity index is 2.08. The van der Waals surface area contributed by atoms with E-state index in [1.54, 1.807) is 16.8 Å². The van der Waals surface area contributed by atoms with E-state index in [0.717, 1.165) is 6.42 Å². The van der Waals surface area contributed by atoms with Crippen LogP contribution in [0.2, 0.25) is 0 Å². The minimum Gasteiger partial charge on any atom is -0.399 e. The fraction of sp³-hybridized carbons (Fsp3) is 0.154. The SMILES string of the molecule is Nc1ccn(CCc2ccccc2)c(=O)c1. The second kappa shape index (κ2) is 4.66. The lowest BCUT2D eigenvalue weighted by Crippen LogP contribution is -2.19. The van der Waals surface area contributed by atoms with Crippen LogP contribution in [0.4, 0.5) is 5.69 Å². The zero-order chi connectivity index (χ0) is 11.4. The van der Waals surface area contributed by atoms with Crippen molar-refractivity contribution in [2.24, 2.45) is 0 Å². The van der Waals surface area contributed by atoms with E-state index in [1.807, 2.05) is 18.2 Å². The van der Waals surface area contributed by atoms with E-state index in [0.29, 0.717) is 12.2 Å². The highest BCUT2D eigenvalue weighted by Gasteiger charge is 1.97. The predicted molar refractivity (Wildman–Crippen MR) is 65.3 cm³/mol. The molecule has 0 aliphatic carbocycles. The number of nitrogen functional groups attached to an aromatic ring is 1. The number of nitrogens with two attached hydrogens (primary N) is 1. The maximum absolute atomic E-state index is 11.5. The Bertz CT molecular complexity index is 517. The Morgan fingerprint density at radius 1 is 1.12 bits per heavy atom. The molecule has 0 atom stereocenters. The first-order valence-corrected chi connectivity index (χ1v) is 5.25. The predicted octanol–water partition coefficient (Wildman–Crippen LogP) is 1.67. The standard InChI is InChI=1S/C13H14N2O/c14-12-7-9-15(13(16)10-12)8-6-11-4-2-1-3-5-11/h1-5,7,9-10H,6,8,14H2. The summed E-state index contributed by atoms with van der Waals surface area (Å²) in [4.78, 5) is 11.5. The Hall–Kier alpha value is -2.03. The van der Waals surface area contributed by atoms with Gasteiger partial charge in [0.2, 0.25) is 0 Å². The lowest BCUT2D eigenvalue weighted by Gasteiger charge is -2.05. The molecule has 3 heteroatoms. The van der Waals surface area contributed by atoms with E-state index in [1.165, 1.54) is 11.6 Å². The van der Waals surface area contributed by atoms with Crippen LogP contribution in [0, 0.1) is 0 Å². The molecule has 2 N–H and O–H groups in total. The van der Waals surface area contributed by atoms with E-state index in [-0.39, 0.29) is 5.56 Å². The van der Waals surface area contributed by atoms with Gasteiger partial charge in [-0.3, -0.25) is 4.79 Å². The van der Waals surface area contributed by atoms with Gasteiger partial charge in [0, 0.05) is 24.5 Å². The van der Waals surface area contributed by atoms with E-state index >= 15 is 0 Å². The summed E-state index contributed by atoms with van der Waals surface area (Å²) in [5, 5.41) is 0. The average Bonchev–Trinajstić information content (AvgIpc) is 2.29. The Kier molecular flexibility index (Phi) is 3.05. The second-order valence-electron chi connectivity index (χ2n) is 3.73. The Morgan fingerprint density at radius 2 is 1.88 bits per heavy atom. The maximum Gasteiger partial charge on any atom is 0.252 e. The van der Waals surface area contributed by atoms with E-state index in [4.69, 9.17) is 5.73 Å². The molecule has 0 saturated heterocycles. The Labute approximate surface area is 94.1 Å². The second-order valence-corrected chi connectivity index (χ2v) is 3.73. The zero-order valence-electron chi connectivity index (χ0n) is 8.97.